The lowest BCUT2D eigenvalue weighted by Crippen LogP contribution is -2.33. The molecule has 0 amide bonds. The third kappa shape index (κ3) is 3.03. The summed E-state index contributed by atoms with van der Waals surface area (Å²) in [5.74, 6) is 0.793. The van der Waals surface area contributed by atoms with Gasteiger partial charge in [0, 0.05) is 26.0 Å². The second kappa shape index (κ2) is 4.46. The molecule has 0 saturated heterocycles. The first kappa shape index (κ1) is 11.0. The summed E-state index contributed by atoms with van der Waals surface area (Å²) in [6.45, 7) is 4.44. The van der Waals surface area contributed by atoms with Crippen LogP contribution < -0.4 is 5.32 Å². The third-order valence-corrected chi connectivity index (χ3v) is 2.24. The van der Waals surface area contributed by atoms with Crippen molar-refractivity contribution in [3.63, 3.8) is 0 Å². The molecule has 0 aliphatic heterocycles. The molecule has 1 rings (SSSR count). The molecule has 0 spiro atoms. The molecule has 1 unspecified atom stereocenters. The standard InChI is InChI=1S/C10H19N3O/c1-4-5-10(2,14)8-12-9-11-6-7-13(9)3/h6-7,14H,4-5,8H2,1-3H3,(H,11,12). The maximum atomic E-state index is 9.90. The Kier molecular flexibility index (Phi) is 3.52. The van der Waals surface area contributed by atoms with Gasteiger partial charge in [-0.05, 0) is 13.3 Å². The SMILES string of the molecule is CCCC(C)(O)CNc1nccn1C. The Morgan fingerprint density at radius 1 is 1.64 bits per heavy atom. The van der Waals surface area contributed by atoms with Crippen molar-refractivity contribution in [2.45, 2.75) is 32.3 Å². The van der Waals surface area contributed by atoms with E-state index in [0.29, 0.717) is 6.54 Å². The van der Waals surface area contributed by atoms with E-state index in [0.717, 1.165) is 18.8 Å². The number of aliphatic hydroxyl groups is 1. The normalized spacial score (nSPS) is 15.1. The number of nitrogens with one attached hydrogen (secondary N) is 1. The van der Waals surface area contributed by atoms with Crippen LogP contribution in [0.3, 0.4) is 0 Å². The Bertz CT molecular complexity index is 281. The zero-order valence-corrected chi connectivity index (χ0v) is 9.12. The van der Waals surface area contributed by atoms with Gasteiger partial charge < -0.3 is 15.0 Å². The minimum Gasteiger partial charge on any atom is -0.388 e. The van der Waals surface area contributed by atoms with Crippen LogP contribution in [-0.2, 0) is 7.05 Å². The summed E-state index contributed by atoms with van der Waals surface area (Å²) < 4.78 is 1.89. The zero-order chi connectivity index (χ0) is 10.6. The molecule has 0 bridgehead atoms. The average molecular weight is 197 g/mol. The Hall–Kier alpha value is -1.03. The summed E-state index contributed by atoms with van der Waals surface area (Å²) in [6, 6.07) is 0. The lowest BCUT2D eigenvalue weighted by atomic mass is 10.0. The van der Waals surface area contributed by atoms with Crippen LogP contribution in [0.1, 0.15) is 26.7 Å². The van der Waals surface area contributed by atoms with Gasteiger partial charge in [0.15, 0.2) is 0 Å². The molecular formula is C10H19N3O. The maximum Gasteiger partial charge on any atom is 0.202 e. The number of rotatable bonds is 5. The number of aromatic nitrogens is 2. The van der Waals surface area contributed by atoms with E-state index in [1.54, 1.807) is 6.20 Å². The molecule has 1 heterocycles. The summed E-state index contributed by atoms with van der Waals surface area (Å²) in [6.07, 6.45) is 5.38. The van der Waals surface area contributed by atoms with Crippen molar-refractivity contribution in [3.8, 4) is 0 Å². The molecule has 80 valence electrons. The van der Waals surface area contributed by atoms with E-state index >= 15 is 0 Å². The summed E-state index contributed by atoms with van der Waals surface area (Å²) >= 11 is 0. The van der Waals surface area contributed by atoms with Crippen LogP contribution in [0.4, 0.5) is 5.95 Å². The quantitative estimate of drug-likeness (QED) is 0.750. The maximum absolute atomic E-state index is 9.90. The molecule has 1 aromatic rings. The van der Waals surface area contributed by atoms with Crippen molar-refractivity contribution < 1.29 is 5.11 Å². The molecule has 2 N–H and O–H groups in total. The van der Waals surface area contributed by atoms with E-state index < -0.39 is 5.60 Å². The molecule has 0 saturated carbocycles. The molecule has 0 aromatic carbocycles. The molecule has 1 atom stereocenters. The largest absolute Gasteiger partial charge is 0.388 e. The highest BCUT2D eigenvalue weighted by Gasteiger charge is 2.18. The predicted octanol–water partition coefficient (Wildman–Crippen LogP) is 1.38. The molecule has 1 aromatic heterocycles. The fraction of sp³-hybridized carbons (Fsp3) is 0.700. The van der Waals surface area contributed by atoms with Crippen LogP contribution in [0.5, 0.6) is 0 Å². The van der Waals surface area contributed by atoms with Gasteiger partial charge in [-0.3, -0.25) is 0 Å². The number of aryl methyl sites for hydroxylation is 1. The Labute approximate surface area is 85.0 Å². The molecule has 0 aliphatic carbocycles. The molecular weight excluding hydrogens is 178 g/mol. The summed E-state index contributed by atoms with van der Waals surface area (Å²) in [7, 11) is 1.92. The van der Waals surface area contributed by atoms with Gasteiger partial charge in [-0.25, -0.2) is 4.98 Å². The van der Waals surface area contributed by atoms with E-state index in [-0.39, 0.29) is 0 Å². The highest BCUT2D eigenvalue weighted by atomic mass is 16.3. The summed E-state index contributed by atoms with van der Waals surface area (Å²) in [5.41, 5.74) is -0.652. The Morgan fingerprint density at radius 3 is 2.86 bits per heavy atom. The van der Waals surface area contributed by atoms with Gasteiger partial charge in [-0.2, -0.15) is 0 Å². The predicted molar refractivity (Wildman–Crippen MR) is 57.2 cm³/mol. The molecule has 4 heteroatoms. The van der Waals surface area contributed by atoms with Gasteiger partial charge in [-0.15, -0.1) is 0 Å². The van der Waals surface area contributed by atoms with Gasteiger partial charge in [0.2, 0.25) is 5.95 Å². The Balaban J connectivity index is 2.44. The summed E-state index contributed by atoms with van der Waals surface area (Å²) in [4.78, 5) is 4.12. The van der Waals surface area contributed by atoms with Crippen molar-refractivity contribution in [3.05, 3.63) is 12.4 Å². The minimum atomic E-state index is -0.652. The lowest BCUT2D eigenvalue weighted by molar-refractivity contribution is 0.0634. The van der Waals surface area contributed by atoms with Gasteiger partial charge >= 0.3 is 0 Å². The zero-order valence-electron chi connectivity index (χ0n) is 9.12. The minimum absolute atomic E-state index is 0.533. The number of anilines is 1. The van der Waals surface area contributed by atoms with Gasteiger partial charge in [0.25, 0.3) is 0 Å². The highest BCUT2D eigenvalue weighted by molar-refractivity contribution is 5.25. The highest BCUT2D eigenvalue weighted by Crippen LogP contribution is 2.12. The van der Waals surface area contributed by atoms with Gasteiger partial charge in [-0.1, -0.05) is 13.3 Å². The van der Waals surface area contributed by atoms with E-state index in [9.17, 15) is 5.11 Å². The van der Waals surface area contributed by atoms with Crippen LogP contribution in [0, 0.1) is 0 Å². The van der Waals surface area contributed by atoms with Crippen molar-refractivity contribution in [1.82, 2.24) is 9.55 Å². The van der Waals surface area contributed by atoms with E-state index in [2.05, 4.69) is 17.2 Å². The number of imidazole rings is 1. The van der Waals surface area contributed by atoms with E-state index in [1.165, 1.54) is 0 Å². The van der Waals surface area contributed by atoms with Crippen LogP contribution >= 0.6 is 0 Å². The van der Waals surface area contributed by atoms with Gasteiger partial charge in [0.05, 0.1) is 5.60 Å². The van der Waals surface area contributed by atoms with Crippen LogP contribution in [0.2, 0.25) is 0 Å². The molecule has 14 heavy (non-hydrogen) atoms. The van der Waals surface area contributed by atoms with Crippen LogP contribution in [-0.4, -0.2) is 26.8 Å². The average Bonchev–Trinajstić information content (AvgIpc) is 2.48. The number of hydrogen-bond acceptors (Lipinski definition) is 3. The smallest absolute Gasteiger partial charge is 0.202 e. The first-order chi connectivity index (χ1) is 6.55. The van der Waals surface area contributed by atoms with Gasteiger partial charge in [0.1, 0.15) is 0 Å². The van der Waals surface area contributed by atoms with Crippen LogP contribution in [0.25, 0.3) is 0 Å². The Morgan fingerprint density at radius 2 is 2.36 bits per heavy atom. The molecule has 0 radical (unpaired) electrons. The van der Waals surface area contributed by atoms with Crippen molar-refractivity contribution in [1.29, 1.82) is 0 Å². The third-order valence-electron chi connectivity index (χ3n) is 2.24. The van der Waals surface area contributed by atoms with E-state index in [1.807, 2.05) is 24.7 Å². The van der Waals surface area contributed by atoms with Crippen molar-refractivity contribution >= 4 is 5.95 Å². The number of nitrogens with zero attached hydrogens (tertiary/aromatic N) is 2. The van der Waals surface area contributed by atoms with Crippen molar-refractivity contribution in [2.24, 2.45) is 7.05 Å². The van der Waals surface area contributed by atoms with Crippen molar-refractivity contribution in [2.75, 3.05) is 11.9 Å². The second-order valence-electron chi connectivity index (χ2n) is 3.96. The fourth-order valence-electron chi connectivity index (χ4n) is 1.43. The number of hydrogen-bond donors (Lipinski definition) is 2. The van der Waals surface area contributed by atoms with Crippen LogP contribution in [0.15, 0.2) is 12.4 Å². The summed E-state index contributed by atoms with van der Waals surface area (Å²) in [5, 5.41) is 13.0. The fourth-order valence-corrected chi connectivity index (χ4v) is 1.43. The monoisotopic (exact) mass is 197 g/mol. The second-order valence-corrected chi connectivity index (χ2v) is 3.96. The lowest BCUT2D eigenvalue weighted by Gasteiger charge is -2.23. The first-order valence-electron chi connectivity index (χ1n) is 4.99. The first-order valence-corrected chi connectivity index (χ1v) is 4.99. The molecule has 0 aliphatic rings. The topological polar surface area (TPSA) is 50.1 Å². The van der Waals surface area contributed by atoms with E-state index in [4.69, 9.17) is 0 Å². The molecule has 4 nitrogen and oxygen atoms in total. The molecule has 0 fully saturated rings.